The van der Waals surface area contributed by atoms with Crippen molar-refractivity contribution in [1.82, 2.24) is 5.32 Å². The van der Waals surface area contributed by atoms with E-state index >= 15 is 0 Å². The van der Waals surface area contributed by atoms with E-state index in [4.69, 9.17) is 0 Å². The molecule has 0 saturated carbocycles. The fraction of sp³-hybridized carbons (Fsp3) is 0.800. The molecule has 0 aromatic carbocycles. The van der Waals surface area contributed by atoms with Crippen LogP contribution in [0.5, 0.6) is 0 Å². The monoisotopic (exact) mass is 153 g/mol. The molecule has 0 fully saturated rings. The Hall–Kier alpha value is -0.460. The minimum Gasteiger partial charge on any atom is -0.389 e. The van der Waals surface area contributed by atoms with Gasteiger partial charge in [-0.1, -0.05) is 18.9 Å². The summed E-state index contributed by atoms with van der Waals surface area (Å²) in [6.07, 6.45) is 4.07. The van der Waals surface area contributed by atoms with Gasteiger partial charge < -0.3 is 5.32 Å². The summed E-state index contributed by atoms with van der Waals surface area (Å²) in [5.41, 5.74) is 2.95. The van der Waals surface area contributed by atoms with Crippen LogP contribution in [0.3, 0.4) is 0 Å². The van der Waals surface area contributed by atoms with E-state index in [1.54, 1.807) is 5.57 Å². The first-order valence-corrected chi connectivity index (χ1v) is 4.63. The quantitative estimate of drug-likeness (QED) is 0.564. The highest BCUT2D eigenvalue weighted by molar-refractivity contribution is 5.11. The van der Waals surface area contributed by atoms with Gasteiger partial charge in [-0.05, 0) is 32.6 Å². The molecule has 11 heavy (non-hydrogen) atoms. The van der Waals surface area contributed by atoms with Crippen LogP contribution < -0.4 is 5.32 Å². The van der Waals surface area contributed by atoms with E-state index in [-0.39, 0.29) is 0 Å². The van der Waals surface area contributed by atoms with Gasteiger partial charge in [-0.3, -0.25) is 0 Å². The highest BCUT2D eigenvalue weighted by Gasteiger charge is 2.09. The van der Waals surface area contributed by atoms with Gasteiger partial charge in [-0.15, -0.1) is 0 Å². The molecule has 0 radical (unpaired) electrons. The van der Waals surface area contributed by atoms with E-state index in [9.17, 15) is 0 Å². The van der Waals surface area contributed by atoms with Crippen molar-refractivity contribution in [3.8, 4) is 0 Å². The molecule has 1 nitrogen and oxygen atoms in total. The van der Waals surface area contributed by atoms with E-state index < -0.39 is 0 Å². The van der Waals surface area contributed by atoms with Gasteiger partial charge in [-0.2, -0.15) is 0 Å². The maximum absolute atomic E-state index is 3.44. The third-order valence-corrected chi connectivity index (χ3v) is 2.78. The number of rotatable bonds is 0. The Morgan fingerprint density at radius 1 is 1.27 bits per heavy atom. The molecule has 1 aliphatic heterocycles. The molecule has 0 unspecified atom stereocenters. The molecule has 1 heterocycles. The minimum absolute atomic E-state index is 0.780. The first kappa shape index (κ1) is 8.63. The molecule has 1 rings (SSSR count). The van der Waals surface area contributed by atoms with Crippen LogP contribution in [-0.4, -0.2) is 6.54 Å². The summed E-state index contributed by atoms with van der Waals surface area (Å²) >= 11 is 0. The van der Waals surface area contributed by atoms with Crippen LogP contribution in [0.1, 0.15) is 40.0 Å². The molecule has 64 valence electrons. The molecule has 0 aromatic rings. The summed E-state index contributed by atoms with van der Waals surface area (Å²) in [6, 6.07) is 0. The lowest BCUT2D eigenvalue weighted by Gasteiger charge is -2.20. The first-order chi connectivity index (χ1) is 5.22. The molecular weight excluding hydrogens is 134 g/mol. The van der Waals surface area contributed by atoms with Gasteiger partial charge in [0.2, 0.25) is 0 Å². The second-order valence-electron chi connectivity index (χ2n) is 3.63. The van der Waals surface area contributed by atoms with Crippen molar-refractivity contribution in [2.24, 2.45) is 5.92 Å². The molecule has 0 saturated heterocycles. The summed E-state index contributed by atoms with van der Waals surface area (Å²) in [7, 11) is 0. The predicted octanol–water partition coefficient (Wildman–Crippen LogP) is 2.69. The molecule has 0 aliphatic carbocycles. The van der Waals surface area contributed by atoms with Gasteiger partial charge in [0.05, 0.1) is 0 Å². The number of allylic oxidation sites excluding steroid dienone is 2. The van der Waals surface area contributed by atoms with Crippen molar-refractivity contribution < 1.29 is 0 Å². The Kier molecular flexibility index (Phi) is 2.98. The van der Waals surface area contributed by atoms with E-state index in [0.29, 0.717) is 0 Å². The topological polar surface area (TPSA) is 12.0 Å². The zero-order valence-corrected chi connectivity index (χ0v) is 7.91. The normalized spacial score (nSPS) is 33.9. The fourth-order valence-electron chi connectivity index (χ4n) is 1.58. The Bertz CT molecular complexity index is 158. The van der Waals surface area contributed by atoms with Crippen LogP contribution >= 0.6 is 0 Å². The lowest BCUT2D eigenvalue weighted by atomic mass is 9.93. The van der Waals surface area contributed by atoms with Crippen LogP contribution in [0.2, 0.25) is 0 Å². The van der Waals surface area contributed by atoms with Crippen molar-refractivity contribution in [3.63, 3.8) is 0 Å². The van der Waals surface area contributed by atoms with Crippen molar-refractivity contribution in [3.05, 3.63) is 11.3 Å². The van der Waals surface area contributed by atoms with Gasteiger partial charge in [-0.25, -0.2) is 0 Å². The summed E-state index contributed by atoms with van der Waals surface area (Å²) in [5, 5.41) is 3.44. The third kappa shape index (κ3) is 2.25. The Balaban J connectivity index is 2.66. The zero-order chi connectivity index (χ0) is 8.27. The van der Waals surface area contributed by atoms with Crippen LogP contribution in [0.4, 0.5) is 0 Å². The van der Waals surface area contributed by atoms with Crippen LogP contribution in [-0.2, 0) is 0 Å². The molecular formula is C10H19N. The van der Waals surface area contributed by atoms with Gasteiger partial charge in [0.1, 0.15) is 0 Å². The summed E-state index contributed by atoms with van der Waals surface area (Å²) in [4.78, 5) is 0. The van der Waals surface area contributed by atoms with Crippen molar-refractivity contribution in [2.45, 2.75) is 40.0 Å². The van der Waals surface area contributed by atoms with Gasteiger partial charge in [0, 0.05) is 12.2 Å². The Morgan fingerprint density at radius 2 is 2.00 bits per heavy atom. The minimum atomic E-state index is 0.780. The standard InChI is InChI=1S/C10H19N/c1-8-6-4-5-7-11-10(3)9(8)2/h8,11H,4-7H2,1-3H3/b10-9+/t8-/m0/s1. The molecule has 1 heteroatoms. The molecule has 1 aliphatic rings. The molecule has 0 spiro atoms. The lowest BCUT2D eigenvalue weighted by molar-refractivity contribution is 0.519. The van der Waals surface area contributed by atoms with E-state index in [1.807, 2.05) is 0 Å². The number of hydrogen-bond donors (Lipinski definition) is 1. The molecule has 0 bridgehead atoms. The second-order valence-corrected chi connectivity index (χ2v) is 3.63. The van der Waals surface area contributed by atoms with Crippen molar-refractivity contribution in [2.75, 3.05) is 6.54 Å². The SMILES string of the molecule is C/C1=C(/C)[C@@H](C)CCCCN1. The van der Waals surface area contributed by atoms with Crippen molar-refractivity contribution in [1.29, 1.82) is 0 Å². The van der Waals surface area contributed by atoms with E-state index in [2.05, 4.69) is 26.1 Å². The van der Waals surface area contributed by atoms with Gasteiger partial charge in [0.25, 0.3) is 0 Å². The average Bonchev–Trinajstić information content (AvgIpc) is 2.00. The highest BCUT2D eigenvalue weighted by atomic mass is 14.9. The Labute approximate surface area is 69.9 Å². The number of nitrogens with one attached hydrogen (secondary N) is 1. The largest absolute Gasteiger partial charge is 0.389 e. The maximum Gasteiger partial charge on any atom is 0.0143 e. The van der Waals surface area contributed by atoms with Crippen molar-refractivity contribution >= 4 is 0 Å². The summed E-state index contributed by atoms with van der Waals surface area (Å²) in [6.45, 7) is 7.93. The smallest absolute Gasteiger partial charge is 0.0143 e. The van der Waals surface area contributed by atoms with Crippen LogP contribution in [0.25, 0.3) is 0 Å². The molecule has 1 atom stereocenters. The van der Waals surface area contributed by atoms with E-state index in [1.165, 1.54) is 25.0 Å². The van der Waals surface area contributed by atoms with Crippen LogP contribution in [0.15, 0.2) is 11.3 Å². The third-order valence-electron chi connectivity index (χ3n) is 2.78. The molecule has 0 amide bonds. The predicted molar refractivity (Wildman–Crippen MR) is 49.4 cm³/mol. The zero-order valence-electron chi connectivity index (χ0n) is 7.91. The number of hydrogen-bond acceptors (Lipinski definition) is 1. The lowest BCUT2D eigenvalue weighted by Crippen LogP contribution is -2.18. The first-order valence-electron chi connectivity index (χ1n) is 4.63. The summed E-state index contributed by atoms with van der Waals surface area (Å²) < 4.78 is 0. The van der Waals surface area contributed by atoms with Gasteiger partial charge >= 0.3 is 0 Å². The maximum atomic E-state index is 3.44. The van der Waals surface area contributed by atoms with E-state index in [0.717, 1.165) is 12.5 Å². The average molecular weight is 153 g/mol. The fourth-order valence-corrected chi connectivity index (χ4v) is 1.58. The Morgan fingerprint density at radius 3 is 2.73 bits per heavy atom. The van der Waals surface area contributed by atoms with Crippen LogP contribution in [0, 0.1) is 5.92 Å². The van der Waals surface area contributed by atoms with Gasteiger partial charge in [0.15, 0.2) is 0 Å². The highest BCUT2D eigenvalue weighted by Crippen LogP contribution is 2.20. The summed E-state index contributed by atoms with van der Waals surface area (Å²) in [5.74, 6) is 0.780. The molecule has 0 aromatic heterocycles. The molecule has 1 N–H and O–H groups in total. The second kappa shape index (κ2) is 3.80.